The highest BCUT2D eigenvalue weighted by atomic mass is 16.5. The SMILES string of the molecule is CN(C)CCOc1ccc(NCC2CCN(C)CC2)cc1. The van der Waals surface area contributed by atoms with Gasteiger partial charge in [0.15, 0.2) is 0 Å². The molecule has 1 aromatic rings. The molecule has 1 aliphatic rings. The zero-order valence-electron chi connectivity index (χ0n) is 13.6. The number of hydrogen-bond donors (Lipinski definition) is 1. The number of ether oxygens (including phenoxy) is 1. The van der Waals surface area contributed by atoms with Crippen LogP contribution in [0.15, 0.2) is 24.3 Å². The second kappa shape index (κ2) is 8.25. The third-order valence-corrected chi connectivity index (χ3v) is 4.09. The van der Waals surface area contributed by atoms with Crippen molar-refractivity contribution < 1.29 is 4.74 Å². The Kier molecular flexibility index (Phi) is 6.33. The standard InChI is InChI=1S/C17H29N3O/c1-19(2)12-13-21-17-6-4-16(5-7-17)18-14-15-8-10-20(3)11-9-15/h4-7,15,18H,8-14H2,1-3H3. The number of nitrogens with one attached hydrogen (secondary N) is 1. The van der Waals surface area contributed by atoms with Gasteiger partial charge in [-0.2, -0.15) is 0 Å². The van der Waals surface area contributed by atoms with Crippen LogP contribution in [0.2, 0.25) is 0 Å². The highest BCUT2D eigenvalue weighted by Gasteiger charge is 2.15. The fraction of sp³-hybridized carbons (Fsp3) is 0.647. The van der Waals surface area contributed by atoms with Crippen molar-refractivity contribution in [1.29, 1.82) is 0 Å². The molecule has 1 saturated heterocycles. The van der Waals surface area contributed by atoms with Crippen LogP contribution in [0.3, 0.4) is 0 Å². The van der Waals surface area contributed by atoms with E-state index in [0.717, 1.165) is 31.4 Å². The van der Waals surface area contributed by atoms with E-state index < -0.39 is 0 Å². The number of likely N-dealkylation sites (tertiary alicyclic amines) is 1. The molecular weight excluding hydrogens is 262 g/mol. The molecule has 0 bridgehead atoms. The van der Waals surface area contributed by atoms with Gasteiger partial charge in [-0.1, -0.05) is 0 Å². The summed E-state index contributed by atoms with van der Waals surface area (Å²) in [6, 6.07) is 8.32. The van der Waals surface area contributed by atoms with Gasteiger partial charge < -0.3 is 19.9 Å². The minimum atomic E-state index is 0.732. The molecule has 1 aliphatic heterocycles. The Morgan fingerprint density at radius 3 is 2.48 bits per heavy atom. The first-order valence-corrected chi connectivity index (χ1v) is 7.93. The van der Waals surface area contributed by atoms with Gasteiger partial charge in [-0.05, 0) is 77.3 Å². The number of rotatable bonds is 7. The average molecular weight is 291 g/mol. The molecule has 0 atom stereocenters. The molecule has 0 amide bonds. The van der Waals surface area contributed by atoms with Crippen LogP contribution in [0.4, 0.5) is 5.69 Å². The quantitative estimate of drug-likeness (QED) is 0.835. The van der Waals surface area contributed by atoms with E-state index in [1.165, 1.54) is 31.6 Å². The summed E-state index contributed by atoms with van der Waals surface area (Å²) in [4.78, 5) is 4.54. The lowest BCUT2D eigenvalue weighted by molar-refractivity contribution is 0.226. The van der Waals surface area contributed by atoms with E-state index in [0.29, 0.717) is 0 Å². The van der Waals surface area contributed by atoms with Crippen molar-refractivity contribution in [2.75, 3.05) is 59.2 Å². The molecular formula is C17H29N3O. The maximum atomic E-state index is 5.70. The summed E-state index contributed by atoms with van der Waals surface area (Å²) in [6.07, 6.45) is 2.60. The van der Waals surface area contributed by atoms with Gasteiger partial charge in [-0.25, -0.2) is 0 Å². The van der Waals surface area contributed by atoms with Gasteiger partial charge in [0.1, 0.15) is 12.4 Å². The third kappa shape index (κ3) is 5.94. The summed E-state index contributed by atoms with van der Waals surface area (Å²) in [7, 11) is 6.32. The first-order valence-electron chi connectivity index (χ1n) is 7.93. The lowest BCUT2D eigenvalue weighted by Crippen LogP contribution is -2.32. The van der Waals surface area contributed by atoms with Crippen molar-refractivity contribution in [1.82, 2.24) is 9.80 Å². The van der Waals surface area contributed by atoms with E-state index in [1.807, 2.05) is 12.1 Å². The predicted octanol–water partition coefficient (Wildman–Crippen LogP) is 2.38. The predicted molar refractivity (Wildman–Crippen MR) is 89.2 cm³/mol. The van der Waals surface area contributed by atoms with Gasteiger partial charge in [-0.3, -0.25) is 0 Å². The molecule has 21 heavy (non-hydrogen) atoms. The Hall–Kier alpha value is -1.26. The van der Waals surface area contributed by atoms with Crippen molar-refractivity contribution in [2.45, 2.75) is 12.8 Å². The maximum Gasteiger partial charge on any atom is 0.119 e. The van der Waals surface area contributed by atoms with E-state index in [2.05, 4.69) is 48.4 Å². The topological polar surface area (TPSA) is 27.7 Å². The second-order valence-electron chi connectivity index (χ2n) is 6.30. The lowest BCUT2D eigenvalue weighted by Gasteiger charge is -2.29. The van der Waals surface area contributed by atoms with Crippen LogP contribution < -0.4 is 10.1 Å². The number of piperidine rings is 1. The van der Waals surface area contributed by atoms with Crippen LogP contribution in [-0.2, 0) is 0 Å². The molecule has 4 heteroatoms. The van der Waals surface area contributed by atoms with E-state index in [4.69, 9.17) is 4.74 Å². The van der Waals surface area contributed by atoms with Crippen LogP contribution in [0.1, 0.15) is 12.8 Å². The molecule has 0 unspecified atom stereocenters. The Morgan fingerprint density at radius 2 is 1.86 bits per heavy atom. The van der Waals surface area contributed by atoms with Crippen LogP contribution in [0.5, 0.6) is 5.75 Å². The van der Waals surface area contributed by atoms with Gasteiger partial charge in [0.25, 0.3) is 0 Å². The molecule has 0 aliphatic carbocycles. The minimum Gasteiger partial charge on any atom is -0.492 e. The molecule has 118 valence electrons. The Labute approximate surface area is 129 Å². The molecule has 0 aromatic heterocycles. The van der Waals surface area contributed by atoms with Gasteiger partial charge >= 0.3 is 0 Å². The van der Waals surface area contributed by atoms with Gasteiger partial charge in [0.05, 0.1) is 0 Å². The summed E-state index contributed by atoms with van der Waals surface area (Å²) < 4.78 is 5.70. The van der Waals surface area contributed by atoms with Gasteiger partial charge in [-0.15, -0.1) is 0 Å². The minimum absolute atomic E-state index is 0.732. The van der Waals surface area contributed by atoms with Crippen molar-refractivity contribution in [3.05, 3.63) is 24.3 Å². The number of benzene rings is 1. The number of anilines is 1. The highest BCUT2D eigenvalue weighted by molar-refractivity contribution is 5.46. The average Bonchev–Trinajstić information content (AvgIpc) is 2.48. The number of hydrogen-bond acceptors (Lipinski definition) is 4. The molecule has 0 saturated carbocycles. The molecule has 4 nitrogen and oxygen atoms in total. The largest absolute Gasteiger partial charge is 0.492 e. The lowest BCUT2D eigenvalue weighted by atomic mass is 9.97. The Bertz CT molecular complexity index is 397. The zero-order valence-corrected chi connectivity index (χ0v) is 13.6. The summed E-state index contributed by atoms with van der Waals surface area (Å²) in [5.74, 6) is 1.75. The molecule has 1 heterocycles. The first-order chi connectivity index (χ1) is 10.1. The van der Waals surface area contributed by atoms with Crippen LogP contribution in [0.25, 0.3) is 0 Å². The van der Waals surface area contributed by atoms with Crippen LogP contribution in [0, 0.1) is 5.92 Å². The Morgan fingerprint density at radius 1 is 1.19 bits per heavy atom. The van der Waals surface area contributed by atoms with Crippen molar-refractivity contribution in [3.63, 3.8) is 0 Å². The smallest absolute Gasteiger partial charge is 0.119 e. The van der Waals surface area contributed by atoms with Crippen LogP contribution in [-0.4, -0.2) is 63.7 Å². The molecule has 1 N–H and O–H groups in total. The number of likely N-dealkylation sites (N-methyl/N-ethyl adjacent to an activating group) is 1. The fourth-order valence-electron chi connectivity index (χ4n) is 2.54. The van der Waals surface area contributed by atoms with Gasteiger partial charge in [0.2, 0.25) is 0 Å². The molecule has 0 radical (unpaired) electrons. The third-order valence-electron chi connectivity index (χ3n) is 4.09. The van der Waals surface area contributed by atoms with Crippen molar-refractivity contribution >= 4 is 5.69 Å². The zero-order chi connectivity index (χ0) is 15.1. The summed E-state index contributed by atoms with van der Waals surface area (Å²) in [6.45, 7) is 5.20. The van der Waals surface area contributed by atoms with Crippen molar-refractivity contribution in [3.8, 4) is 5.75 Å². The monoisotopic (exact) mass is 291 g/mol. The van der Waals surface area contributed by atoms with E-state index in [-0.39, 0.29) is 0 Å². The highest BCUT2D eigenvalue weighted by Crippen LogP contribution is 2.19. The Balaban J connectivity index is 1.69. The van der Waals surface area contributed by atoms with Crippen molar-refractivity contribution in [2.24, 2.45) is 5.92 Å². The van der Waals surface area contributed by atoms with Crippen LogP contribution >= 0.6 is 0 Å². The summed E-state index contributed by atoms with van der Waals surface area (Å²) >= 11 is 0. The van der Waals surface area contributed by atoms with E-state index in [9.17, 15) is 0 Å². The second-order valence-corrected chi connectivity index (χ2v) is 6.30. The van der Waals surface area contributed by atoms with Gasteiger partial charge in [0, 0.05) is 18.8 Å². The van der Waals surface area contributed by atoms with E-state index >= 15 is 0 Å². The molecule has 1 fully saturated rings. The first kappa shape index (κ1) is 16.1. The fourth-order valence-corrected chi connectivity index (χ4v) is 2.54. The molecule has 2 rings (SSSR count). The number of nitrogens with zero attached hydrogens (tertiary/aromatic N) is 2. The van der Waals surface area contributed by atoms with E-state index in [1.54, 1.807) is 0 Å². The maximum absolute atomic E-state index is 5.70. The molecule has 0 spiro atoms. The summed E-state index contributed by atoms with van der Waals surface area (Å²) in [5.41, 5.74) is 1.19. The normalized spacial score (nSPS) is 17.1. The summed E-state index contributed by atoms with van der Waals surface area (Å²) in [5, 5.41) is 3.55. The molecule has 1 aromatic carbocycles.